The van der Waals surface area contributed by atoms with E-state index < -0.39 is 29.3 Å². The van der Waals surface area contributed by atoms with Crippen LogP contribution in [0, 0.1) is 0 Å². The van der Waals surface area contributed by atoms with Crippen molar-refractivity contribution in [3.63, 3.8) is 0 Å². The van der Waals surface area contributed by atoms with E-state index in [2.05, 4.69) is 5.32 Å². The Kier molecular flexibility index (Phi) is 9.05. The van der Waals surface area contributed by atoms with Gasteiger partial charge in [0.25, 0.3) is 0 Å². The molecule has 9 nitrogen and oxygen atoms in total. The van der Waals surface area contributed by atoms with E-state index in [1.807, 2.05) is 0 Å². The monoisotopic (exact) mass is 518 g/mol. The smallest absolute Gasteiger partial charge is 0.326 e. The van der Waals surface area contributed by atoms with Gasteiger partial charge >= 0.3 is 5.97 Å². The summed E-state index contributed by atoms with van der Waals surface area (Å²) in [6, 6.07) is 10.3. The molecule has 1 fully saturated rings. The fraction of sp³-hybridized carbons (Fsp3) is 0.333. The molecule has 186 valence electrons. The predicted octanol–water partition coefficient (Wildman–Crippen LogP) is 2.52. The number of nitrogens with one attached hydrogen (secondary N) is 1. The molecular weight excluding hydrogens is 492 g/mol. The molecule has 0 radical (unpaired) electrons. The molecule has 1 heterocycles. The number of amides is 2. The lowest BCUT2D eigenvalue weighted by molar-refractivity contribution is -0.144. The van der Waals surface area contributed by atoms with Crippen LogP contribution in [0.25, 0.3) is 0 Å². The van der Waals surface area contributed by atoms with Crippen LogP contribution in [0.1, 0.15) is 29.8 Å². The lowest BCUT2D eigenvalue weighted by atomic mass is 10.0. The maximum absolute atomic E-state index is 13.2. The highest BCUT2D eigenvalue weighted by Gasteiger charge is 2.43. The van der Waals surface area contributed by atoms with Gasteiger partial charge in [0.1, 0.15) is 29.0 Å². The van der Waals surface area contributed by atoms with Gasteiger partial charge in [-0.15, -0.1) is 11.8 Å². The van der Waals surface area contributed by atoms with Gasteiger partial charge in [-0.25, -0.2) is 4.79 Å². The zero-order valence-corrected chi connectivity index (χ0v) is 20.6. The Bertz CT molecular complexity index is 1090. The maximum atomic E-state index is 13.2. The standard InChI is InChI=1S/C24H26N2O7S2/c1-14(27)34-11-10-21(30)26-19(13-35-23(26)17-4-2-3-5-20(17)29)22(31)25-18(24(32)33)12-15-6-8-16(28)9-7-15/h2-9,18-19,23,28-29H,10-13H2,1H3,(H,25,31)(H,32,33)/t18-,19-,23+/m0/s1. The van der Waals surface area contributed by atoms with Crippen molar-refractivity contribution < 1.29 is 34.5 Å². The Hall–Kier alpha value is -3.18. The molecule has 0 unspecified atom stereocenters. The van der Waals surface area contributed by atoms with Crippen molar-refractivity contribution in [1.29, 1.82) is 0 Å². The highest BCUT2D eigenvalue weighted by Crippen LogP contribution is 2.44. The summed E-state index contributed by atoms with van der Waals surface area (Å²) < 4.78 is 0. The number of hydrogen-bond acceptors (Lipinski definition) is 8. The largest absolute Gasteiger partial charge is 0.508 e. The van der Waals surface area contributed by atoms with E-state index in [0.29, 0.717) is 11.1 Å². The number of aromatic hydroxyl groups is 2. The first kappa shape index (κ1) is 26.4. The molecule has 0 aromatic heterocycles. The summed E-state index contributed by atoms with van der Waals surface area (Å²) in [5, 5.41) is 31.2. The van der Waals surface area contributed by atoms with E-state index in [1.54, 1.807) is 30.3 Å². The van der Waals surface area contributed by atoms with E-state index in [4.69, 9.17) is 0 Å². The van der Waals surface area contributed by atoms with E-state index in [-0.39, 0.29) is 46.9 Å². The molecule has 3 rings (SSSR count). The minimum Gasteiger partial charge on any atom is -0.508 e. The average Bonchev–Trinajstić information content (AvgIpc) is 3.25. The second kappa shape index (κ2) is 12.0. The molecule has 0 spiro atoms. The molecule has 2 aromatic rings. The number of carboxylic acids is 1. The van der Waals surface area contributed by atoms with Crippen LogP contribution >= 0.6 is 23.5 Å². The minimum absolute atomic E-state index is 0.00663. The third-order valence-corrected chi connectivity index (χ3v) is 7.53. The lowest BCUT2D eigenvalue weighted by Gasteiger charge is -2.30. The number of para-hydroxylation sites is 1. The van der Waals surface area contributed by atoms with E-state index in [1.165, 1.54) is 41.8 Å². The van der Waals surface area contributed by atoms with Gasteiger partial charge in [0.2, 0.25) is 11.8 Å². The van der Waals surface area contributed by atoms with Crippen LogP contribution in [0.3, 0.4) is 0 Å². The van der Waals surface area contributed by atoms with Gasteiger partial charge in [-0.3, -0.25) is 14.4 Å². The molecule has 4 N–H and O–H groups in total. The van der Waals surface area contributed by atoms with E-state index >= 15 is 0 Å². The third kappa shape index (κ3) is 6.92. The van der Waals surface area contributed by atoms with Crippen LogP contribution in [-0.2, 0) is 25.6 Å². The summed E-state index contributed by atoms with van der Waals surface area (Å²) in [6.07, 6.45) is 0.00185. The summed E-state index contributed by atoms with van der Waals surface area (Å²) >= 11 is 2.30. The SMILES string of the molecule is CC(=O)SCCC(=O)N1[C@@H](c2ccccc2O)SC[C@H]1C(=O)N[C@@H](Cc1ccc(O)cc1)C(=O)O. The fourth-order valence-corrected chi connectivity index (χ4v) is 5.74. The van der Waals surface area contributed by atoms with Crippen LogP contribution < -0.4 is 5.32 Å². The normalized spacial score (nSPS) is 18.1. The fourth-order valence-electron chi connectivity index (χ4n) is 3.70. The van der Waals surface area contributed by atoms with Crippen molar-refractivity contribution >= 4 is 46.4 Å². The predicted molar refractivity (Wildman–Crippen MR) is 133 cm³/mol. The number of benzene rings is 2. The Morgan fingerprint density at radius 2 is 1.80 bits per heavy atom. The third-order valence-electron chi connectivity index (χ3n) is 5.41. The molecule has 1 aliphatic rings. The molecule has 1 saturated heterocycles. The van der Waals surface area contributed by atoms with Gasteiger partial charge in [0, 0.05) is 36.8 Å². The molecule has 0 bridgehead atoms. The quantitative estimate of drug-likeness (QED) is 0.393. The Morgan fingerprint density at radius 1 is 1.11 bits per heavy atom. The van der Waals surface area contributed by atoms with Gasteiger partial charge < -0.3 is 25.5 Å². The molecule has 2 amide bonds. The topological polar surface area (TPSA) is 144 Å². The minimum atomic E-state index is -1.24. The van der Waals surface area contributed by atoms with Crippen molar-refractivity contribution in [2.45, 2.75) is 37.2 Å². The van der Waals surface area contributed by atoms with Crippen LogP contribution in [0.4, 0.5) is 0 Å². The number of rotatable bonds is 9. The molecule has 35 heavy (non-hydrogen) atoms. The summed E-state index contributed by atoms with van der Waals surface area (Å²) in [5.74, 6) is -1.74. The summed E-state index contributed by atoms with van der Waals surface area (Å²) in [6.45, 7) is 1.40. The van der Waals surface area contributed by atoms with Crippen LogP contribution in [0.5, 0.6) is 11.5 Å². The Morgan fingerprint density at radius 3 is 2.43 bits per heavy atom. The number of carbonyl (C=O) groups excluding carboxylic acids is 3. The number of hydrogen-bond donors (Lipinski definition) is 4. The van der Waals surface area contributed by atoms with Crippen molar-refractivity contribution in [2.24, 2.45) is 0 Å². The van der Waals surface area contributed by atoms with Gasteiger partial charge in [0.15, 0.2) is 5.12 Å². The summed E-state index contributed by atoms with van der Waals surface area (Å²) in [5.41, 5.74) is 1.08. The molecule has 1 aliphatic heterocycles. The second-order valence-corrected chi connectivity index (χ2v) is 10.3. The van der Waals surface area contributed by atoms with E-state index in [0.717, 1.165) is 11.8 Å². The first-order valence-corrected chi connectivity index (χ1v) is 12.9. The number of phenolic OH excluding ortho intramolecular Hbond substituents is 2. The second-order valence-electron chi connectivity index (χ2n) is 7.92. The maximum Gasteiger partial charge on any atom is 0.326 e. The van der Waals surface area contributed by atoms with Gasteiger partial charge in [0.05, 0.1) is 0 Å². The molecule has 2 aromatic carbocycles. The Labute approximate surface area is 210 Å². The van der Waals surface area contributed by atoms with Crippen molar-refractivity contribution in [3.05, 3.63) is 59.7 Å². The number of phenols is 2. The van der Waals surface area contributed by atoms with Gasteiger partial charge in [-0.2, -0.15) is 0 Å². The number of carboxylic acid groups (broad SMARTS) is 1. The van der Waals surface area contributed by atoms with Crippen LogP contribution in [0.2, 0.25) is 0 Å². The van der Waals surface area contributed by atoms with Crippen molar-refractivity contribution in [3.8, 4) is 11.5 Å². The number of nitrogens with zero attached hydrogens (tertiary/aromatic N) is 1. The average molecular weight is 519 g/mol. The zero-order chi connectivity index (χ0) is 25.5. The summed E-state index contributed by atoms with van der Waals surface area (Å²) in [7, 11) is 0. The van der Waals surface area contributed by atoms with Crippen LogP contribution in [0.15, 0.2) is 48.5 Å². The Balaban J connectivity index is 1.80. The van der Waals surface area contributed by atoms with E-state index in [9.17, 15) is 34.5 Å². The highest BCUT2D eigenvalue weighted by molar-refractivity contribution is 8.13. The number of aliphatic carboxylic acids is 1. The first-order valence-electron chi connectivity index (χ1n) is 10.8. The molecule has 0 aliphatic carbocycles. The molecular formula is C24H26N2O7S2. The summed E-state index contributed by atoms with van der Waals surface area (Å²) in [4.78, 5) is 50.9. The lowest BCUT2D eigenvalue weighted by Crippen LogP contribution is -2.52. The van der Waals surface area contributed by atoms with Crippen molar-refractivity contribution in [1.82, 2.24) is 10.2 Å². The van der Waals surface area contributed by atoms with Gasteiger partial charge in [-0.1, -0.05) is 42.1 Å². The molecule has 3 atom stereocenters. The van der Waals surface area contributed by atoms with Gasteiger partial charge in [-0.05, 0) is 23.8 Å². The number of thioether (sulfide) groups is 2. The zero-order valence-electron chi connectivity index (χ0n) is 18.9. The van der Waals surface area contributed by atoms with Crippen molar-refractivity contribution in [2.75, 3.05) is 11.5 Å². The highest BCUT2D eigenvalue weighted by atomic mass is 32.2. The molecule has 11 heteroatoms. The van der Waals surface area contributed by atoms with Crippen LogP contribution in [-0.4, -0.2) is 66.7 Å². The molecule has 0 saturated carbocycles. The first-order chi connectivity index (χ1) is 16.7. The number of carbonyl (C=O) groups is 4.